The van der Waals surface area contributed by atoms with E-state index in [0.29, 0.717) is 24.8 Å². The lowest BCUT2D eigenvalue weighted by atomic mass is 9.35. The Labute approximate surface area is 152 Å². The van der Waals surface area contributed by atoms with Crippen LogP contribution >= 0.6 is 0 Å². The second-order valence-electron chi connectivity index (χ2n) is 9.97. The van der Waals surface area contributed by atoms with E-state index < -0.39 is 58.5 Å². The molecule has 26 heavy (non-hydrogen) atoms. The van der Waals surface area contributed by atoms with E-state index in [9.17, 15) is 25.2 Å². The number of fused-ring (bicyclic) bond motifs is 2. The van der Waals surface area contributed by atoms with Crippen LogP contribution in [0.25, 0.3) is 0 Å². The monoisotopic (exact) mass is 364 g/mol. The first-order chi connectivity index (χ1) is 12.1. The molecule has 2 aliphatic heterocycles. The largest absolute Gasteiger partial charge is 0.392 e. The van der Waals surface area contributed by atoms with Crippen LogP contribution in [0.4, 0.5) is 0 Å². The van der Waals surface area contributed by atoms with Gasteiger partial charge in [-0.15, -0.1) is 0 Å². The summed E-state index contributed by atoms with van der Waals surface area (Å²) in [6.45, 7) is 8.07. The second kappa shape index (κ2) is 4.61. The Morgan fingerprint density at radius 3 is 2.50 bits per heavy atom. The van der Waals surface area contributed by atoms with Gasteiger partial charge in [-0.05, 0) is 42.6 Å². The maximum absolute atomic E-state index is 13.3. The summed E-state index contributed by atoms with van der Waals surface area (Å²) < 4.78 is 5.80. The molecule has 4 aliphatic carbocycles. The van der Waals surface area contributed by atoms with Gasteiger partial charge in [0, 0.05) is 17.3 Å². The number of rotatable bonds is 0. The van der Waals surface area contributed by atoms with E-state index in [0.717, 1.165) is 6.42 Å². The van der Waals surface area contributed by atoms with Crippen molar-refractivity contribution in [1.82, 2.24) is 0 Å². The van der Waals surface area contributed by atoms with Crippen molar-refractivity contribution in [2.45, 2.75) is 63.6 Å². The Morgan fingerprint density at radius 2 is 1.81 bits per heavy atom. The molecule has 6 aliphatic rings. The molecule has 0 aromatic carbocycles. The van der Waals surface area contributed by atoms with Gasteiger partial charge in [-0.25, -0.2) is 0 Å². The first kappa shape index (κ1) is 17.3. The average molecular weight is 364 g/mol. The Morgan fingerprint density at radius 1 is 1.12 bits per heavy atom. The lowest BCUT2D eigenvalue weighted by Gasteiger charge is -2.74. The summed E-state index contributed by atoms with van der Waals surface area (Å²) in [5, 5.41) is 45.1. The molecule has 0 radical (unpaired) electrons. The molecule has 4 N–H and O–H groups in total. The molecule has 2 heterocycles. The molecule has 6 fully saturated rings. The highest BCUT2D eigenvalue weighted by Crippen LogP contribution is 2.76. The van der Waals surface area contributed by atoms with Gasteiger partial charge in [0.15, 0.2) is 5.78 Å². The van der Waals surface area contributed by atoms with Gasteiger partial charge >= 0.3 is 0 Å². The summed E-state index contributed by atoms with van der Waals surface area (Å²) in [5.74, 6) is -3.80. The van der Waals surface area contributed by atoms with E-state index in [4.69, 9.17) is 4.74 Å². The number of carbonyl (C=O) groups excluding carboxylic acids is 1. The minimum Gasteiger partial charge on any atom is -0.392 e. The smallest absolute Gasteiger partial charge is 0.208 e. The Kier molecular flexibility index (Phi) is 3.07. The predicted molar refractivity (Wildman–Crippen MR) is 90.7 cm³/mol. The first-order valence-corrected chi connectivity index (χ1v) is 9.71. The zero-order valence-electron chi connectivity index (χ0n) is 15.3. The van der Waals surface area contributed by atoms with E-state index in [2.05, 4.69) is 6.58 Å². The van der Waals surface area contributed by atoms with Crippen molar-refractivity contribution in [3.8, 4) is 0 Å². The molecule has 6 nitrogen and oxygen atoms in total. The molecule has 6 rings (SSSR count). The van der Waals surface area contributed by atoms with Crippen LogP contribution in [-0.2, 0) is 9.53 Å². The topological polar surface area (TPSA) is 107 Å². The van der Waals surface area contributed by atoms with E-state index in [-0.39, 0.29) is 12.0 Å². The number of ketones is 1. The van der Waals surface area contributed by atoms with Crippen molar-refractivity contribution in [2.75, 3.05) is 6.61 Å². The molecule has 0 unspecified atom stereocenters. The predicted octanol–water partition coefficient (Wildman–Crippen LogP) is 0.376. The molecular weight excluding hydrogens is 336 g/mol. The molecule has 0 aromatic heterocycles. The second-order valence-corrected chi connectivity index (χ2v) is 9.97. The minimum atomic E-state index is -2.15. The number of hydrogen-bond donors (Lipinski definition) is 4. The molecule has 2 saturated heterocycles. The highest BCUT2D eigenvalue weighted by atomic mass is 16.6. The van der Waals surface area contributed by atoms with Crippen molar-refractivity contribution >= 4 is 5.78 Å². The molecule has 4 saturated carbocycles. The van der Waals surface area contributed by atoms with Crippen LogP contribution in [0, 0.1) is 34.0 Å². The maximum Gasteiger partial charge on any atom is 0.208 e. The standard InChI is InChI=1S/C20H28O6/c1-9-10-4-5-11-18-8-26-20(25,19(11,14(9)22)15(10)23)16(24)13(18)17(2,3)7-6-12(18)21/h10-13,15-16,21,23-25H,1,4-8H2,2-3H3/t10-,11-,12-,13+,15+,16-,18+,19+,20+/m0/s1. The van der Waals surface area contributed by atoms with Crippen molar-refractivity contribution in [3.63, 3.8) is 0 Å². The van der Waals surface area contributed by atoms with Gasteiger partial charge in [0.05, 0.1) is 18.8 Å². The number of hydrogen-bond acceptors (Lipinski definition) is 6. The minimum absolute atomic E-state index is 0.0966. The van der Waals surface area contributed by atoms with E-state index in [1.165, 1.54) is 0 Å². The van der Waals surface area contributed by atoms with Gasteiger partial charge < -0.3 is 25.2 Å². The average Bonchev–Trinajstić information content (AvgIpc) is 2.69. The maximum atomic E-state index is 13.3. The fraction of sp³-hybridized carbons (Fsp3) is 0.850. The fourth-order valence-corrected chi connectivity index (χ4v) is 7.90. The van der Waals surface area contributed by atoms with Crippen molar-refractivity contribution in [1.29, 1.82) is 0 Å². The van der Waals surface area contributed by atoms with Crippen LogP contribution in [-0.4, -0.2) is 56.9 Å². The molecular formula is C20H28O6. The first-order valence-electron chi connectivity index (χ1n) is 9.71. The van der Waals surface area contributed by atoms with Crippen LogP contribution < -0.4 is 0 Å². The van der Waals surface area contributed by atoms with Crippen LogP contribution in [0.5, 0.6) is 0 Å². The molecule has 0 aromatic rings. The quantitative estimate of drug-likeness (QED) is 0.463. The lowest BCUT2D eigenvalue weighted by molar-refractivity contribution is -0.458. The third-order valence-corrected chi connectivity index (χ3v) is 8.88. The Hall–Kier alpha value is -0.790. The van der Waals surface area contributed by atoms with Gasteiger partial charge in [0.2, 0.25) is 5.79 Å². The third kappa shape index (κ3) is 1.41. The number of aliphatic hydroxyl groups excluding tert-OH is 3. The molecule has 9 atom stereocenters. The number of ether oxygens (including phenoxy) is 1. The number of Topliss-reactive ketones (excluding diaryl/α,β-unsaturated/α-hetero) is 1. The number of aliphatic hydroxyl groups is 4. The molecule has 2 spiro atoms. The summed E-state index contributed by atoms with van der Waals surface area (Å²) in [6.07, 6.45) is -0.747. The fourth-order valence-electron chi connectivity index (χ4n) is 7.90. The third-order valence-electron chi connectivity index (χ3n) is 8.88. The van der Waals surface area contributed by atoms with Crippen molar-refractivity contribution < 1.29 is 30.0 Å². The van der Waals surface area contributed by atoms with Crippen LogP contribution in [0.15, 0.2) is 12.2 Å². The number of carbonyl (C=O) groups is 1. The summed E-state index contributed by atoms with van der Waals surface area (Å²) in [5.41, 5.74) is -2.49. The highest BCUT2D eigenvalue weighted by Gasteiger charge is 2.86. The molecule has 4 bridgehead atoms. The van der Waals surface area contributed by atoms with Crippen LogP contribution in [0.1, 0.15) is 39.5 Å². The van der Waals surface area contributed by atoms with Gasteiger partial charge in [-0.3, -0.25) is 4.79 Å². The van der Waals surface area contributed by atoms with E-state index in [1.807, 2.05) is 13.8 Å². The highest BCUT2D eigenvalue weighted by molar-refractivity contribution is 6.05. The SMILES string of the molecule is C=C1C(=O)[C@@]23[C@H](O)[C@H]1CC[C@H]2[C@@]12CO[C@]3(O)[C@@H](O)[C@@H]1C(C)(C)CC[C@@H]2O. The Bertz CT molecular complexity index is 717. The van der Waals surface area contributed by atoms with Crippen molar-refractivity contribution in [2.24, 2.45) is 34.0 Å². The van der Waals surface area contributed by atoms with Crippen LogP contribution in [0.3, 0.4) is 0 Å². The summed E-state index contributed by atoms with van der Waals surface area (Å²) in [6, 6.07) is 0. The van der Waals surface area contributed by atoms with Gasteiger partial charge in [0.1, 0.15) is 11.5 Å². The van der Waals surface area contributed by atoms with Gasteiger partial charge in [-0.1, -0.05) is 20.4 Å². The zero-order valence-corrected chi connectivity index (χ0v) is 15.3. The summed E-state index contributed by atoms with van der Waals surface area (Å²) in [7, 11) is 0. The van der Waals surface area contributed by atoms with Crippen LogP contribution in [0.2, 0.25) is 0 Å². The van der Waals surface area contributed by atoms with Gasteiger partial charge in [0.25, 0.3) is 0 Å². The zero-order chi connectivity index (χ0) is 18.9. The van der Waals surface area contributed by atoms with Crippen molar-refractivity contribution in [3.05, 3.63) is 12.2 Å². The molecule has 0 amide bonds. The summed E-state index contributed by atoms with van der Waals surface area (Å²) in [4.78, 5) is 13.3. The van der Waals surface area contributed by atoms with E-state index in [1.54, 1.807) is 0 Å². The summed E-state index contributed by atoms with van der Waals surface area (Å²) >= 11 is 0. The molecule has 6 heteroatoms. The lowest BCUT2D eigenvalue weighted by Crippen LogP contribution is -2.85. The molecule has 144 valence electrons. The van der Waals surface area contributed by atoms with Gasteiger partial charge in [-0.2, -0.15) is 0 Å². The van der Waals surface area contributed by atoms with E-state index >= 15 is 0 Å². The Balaban J connectivity index is 1.81. The normalized spacial score (nSPS) is 59.9.